The Labute approximate surface area is 96.0 Å². The predicted octanol–water partition coefficient (Wildman–Crippen LogP) is -5.62. The van der Waals surface area contributed by atoms with Crippen LogP contribution in [0.5, 0.6) is 0 Å². The van der Waals surface area contributed by atoms with E-state index in [1.807, 2.05) is 0 Å². The first kappa shape index (κ1) is 16.1. The van der Waals surface area contributed by atoms with E-state index in [4.69, 9.17) is 15.9 Å². The van der Waals surface area contributed by atoms with Gasteiger partial charge < -0.3 is 0 Å². The molecule has 0 bridgehead atoms. The van der Waals surface area contributed by atoms with Crippen LogP contribution in [0, 0.1) is 0 Å². The molecule has 0 aromatic rings. The van der Waals surface area contributed by atoms with Crippen LogP contribution >= 0.6 is 0 Å². The molecule has 0 saturated heterocycles. The van der Waals surface area contributed by atoms with Crippen LogP contribution in [0.4, 0.5) is 0 Å². The standard InChI is InChI=1S/Cr.Cu.K.4O/q;+2;+1;;;2*-1. The number of hydrogen-bond donors (Lipinski definition) is 0. The second-order valence-corrected chi connectivity index (χ2v) is 1.68. The van der Waals surface area contributed by atoms with Gasteiger partial charge in [-0.3, -0.25) is 0 Å². The van der Waals surface area contributed by atoms with Gasteiger partial charge in [-0.1, -0.05) is 0 Å². The van der Waals surface area contributed by atoms with Gasteiger partial charge in [-0.15, -0.1) is 0 Å². The van der Waals surface area contributed by atoms with Gasteiger partial charge in [-0.2, -0.15) is 0 Å². The zero-order chi connectivity index (χ0) is 4.50. The summed E-state index contributed by atoms with van der Waals surface area (Å²) in [6.07, 6.45) is 0. The van der Waals surface area contributed by atoms with E-state index >= 15 is 0 Å². The summed E-state index contributed by atoms with van der Waals surface area (Å²) in [5.41, 5.74) is 0. The molecule has 7 heteroatoms. The molecule has 0 aliphatic rings. The molecule has 0 atom stereocenters. The average Bonchev–Trinajstić information content (AvgIpc) is 0.722. The molecule has 0 aromatic heterocycles. The van der Waals surface area contributed by atoms with E-state index in [0.717, 1.165) is 0 Å². The van der Waals surface area contributed by atoms with Gasteiger partial charge in [0.1, 0.15) is 0 Å². The van der Waals surface area contributed by atoms with E-state index in [1.54, 1.807) is 0 Å². The van der Waals surface area contributed by atoms with E-state index < -0.39 is 13.6 Å². The molecule has 4 nitrogen and oxygen atoms in total. The molecule has 7 heavy (non-hydrogen) atoms. The van der Waals surface area contributed by atoms with Crippen LogP contribution in [0.3, 0.4) is 0 Å². The van der Waals surface area contributed by atoms with Crippen LogP contribution in [0.25, 0.3) is 0 Å². The van der Waals surface area contributed by atoms with Gasteiger partial charge >= 0.3 is 98.0 Å². The van der Waals surface area contributed by atoms with Gasteiger partial charge in [0.25, 0.3) is 0 Å². The van der Waals surface area contributed by atoms with Crippen molar-refractivity contribution in [3.8, 4) is 0 Å². The normalized spacial score (nSPS) is 8.29. The Kier molecular flexibility index (Phi) is 14.6. The summed E-state index contributed by atoms with van der Waals surface area (Å²) in [7, 11) is 0. The van der Waals surface area contributed by atoms with Crippen molar-refractivity contribution in [3.05, 3.63) is 0 Å². The first-order valence-electron chi connectivity index (χ1n) is 0.667. The molecule has 0 N–H and O–H groups in total. The maximum atomic E-state index is 8.59. The third kappa shape index (κ3) is 64.9. The van der Waals surface area contributed by atoms with Crippen molar-refractivity contribution in [1.29, 1.82) is 0 Å². The van der Waals surface area contributed by atoms with Crippen LogP contribution in [-0.2, 0) is 38.3 Å². The topological polar surface area (TPSA) is 80.3 Å². The molecule has 0 aliphatic carbocycles. The number of hydrogen-bond acceptors (Lipinski definition) is 4. The van der Waals surface area contributed by atoms with Crippen molar-refractivity contribution in [2.24, 2.45) is 0 Å². The van der Waals surface area contributed by atoms with Crippen molar-refractivity contribution in [3.63, 3.8) is 0 Å². The zero-order valence-corrected chi connectivity index (χ0v) is 8.68. The quantitative estimate of drug-likeness (QED) is 0.380. The Morgan fingerprint density at radius 1 is 1.14 bits per heavy atom. The SMILES string of the molecule is [Cu+2].[K+].[O]=[Cr](=[O])([O-])[O-]. The summed E-state index contributed by atoms with van der Waals surface area (Å²) in [5.74, 6) is 0. The van der Waals surface area contributed by atoms with Crippen molar-refractivity contribution in [1.82, 2.24) is 0 Å². The predicted molar refractivity (Wildman–Crippen MR) is 1.37 cm³/mol. The fourth-order valence-electron chi connectivity index (χ4n) is 0. The molecule has 0 rings (SSSR count). The fraction of sp³-hybridized carbons (Fsp3) is 0. The van der Waals surface area contributed by atoms with Crippen molar-refractivity contribution in [2.45, 2.75) is 0 Å². The van der Waals surface area contributed by atoms with Crippen LogP contribution in [-0.4, -0.2) is 0 Å². The summed E-state index contributed by atoms with van der Waals surface area (Å²) < 4.78 is 34.4. The molecule has 1 radical (unpaired) electrons. The van der Waals surface area contributed by atoms with Crippen LogP contribution < -0.4 is 59.7 Å². The van der Waals surface area contributed by atoms with Gasteiger partial charge in [0, 0.05) is 0 Å². The Balaban J connectivity index is -0.0000000800. The summed E-state index contributed by atoms with van der Waals surface area (Å²) in [4.78, 5) is 0. The molecule has 0 fully saturated rings. The average molecular weight is 219 g/mol. The molecule has 0 unspecified atom stereocenters. The third-order valence-corrected chi connectivity index (χ3v) is 0. The first-order chi connectivity index (χ1) is 2.00. The van der Waals surface area contributed by atoms with Crippen molar-refractivity contribution < 1.29 is 98.0 Å². The van der Waals surface area contributed by atoms with E-state index in [2.05, 4.69) is 0 Å². The first-order valence-corrected chi connectivity index (χ1v) is 2.75. The summed E-state index contributed by atoms with van der Waals surface area (Å²) in [6.45, 7) is 0. The number of rotatable bonds is 0. The molecule has 0 amide bonds. The summed E-state index contributed by atoms with van der Waals surface area (Å²) in [5, 5.41) is 0. The summed E-state index contributed by atoms with van der Waals surface area (Å²) >= 11 is -5.75. The molecule has 0 aliphatic heterocycles. The zero-order valence-electron chi connectivity index (χ0n) is 3.34. The van der Waals surface area contributed by atoms with Crippen LogP contribution in [0.1, 0.15) is 0 Å². The molecule has 41 valence electrons. The Bertz CT molecular complexity index is 94.9. The molecule has 0 saturated carbocycles. The Morgan fingerprint density at radius 3 is 1.14 bits per heavy atom. The van der Waals surface area contributed by atoms with Crippen LogP contribution in [0.15, 0.2) is 0 Å². The fourth-order valence-corrected chi connectivity index (χ4v) is 0. The van der Waals surface area contributed by atoms with E-state index in [1.165, 1.54) is 0 Å². The van der Waals surface area contributed by atoms with Crippen molar-refractivity contribution >= 4 is 0 Å². The molecule has 0 spiro atoms. The van der Waals surface area contributed by atoms with Crippen LogP contribution in [0.2, 0.25) is 0 Å². The van der Waals surface area contributed by atoms with E-state index in [9.17, 15) is 0 Å². The van der Waals surface area contributed by atoms with Crippen molar-refractivity contribution in [2.75, 3.05) is 0 Å². The Hall–Kier alpha value is 2.21. The van der Waals surface area contributed by atoms with E-state index in [0.29, 0.717) is 0 Å². The molecular weight excluding hydrogens is 219 g/mol. The van der Waals surface area contributed by atoms with Gasteiger partial charge in [-0.05, 0) is 0 Å². The summed E-state index contributed by atoms with van der Waals surface area (Å²) in [6, 6.07) is 0. The molecule has 0 aromatic carbocycles. The second kappa shape index (κ2) is 6.33. The Morgan fingerprint density at radius 2 is 1.14 bits per heavy atom. The second-order valence-electron chi connectivity index (χ2n) is 0.408. The van der Waals surface area contributed by atoms with Gasteiger partial charge in [0.2, 0.25) is 0 Å². The van der Waals surface area contributed by atoms with Gasteiger partial charge in [0.05, 0.1) is 0 Å². The van der Waals surface area contributed by atoms with E-state index in [-0.39, 0.29) is 68.5 Å². The third-order valence-electron chi connectivity index (χ3n) is 0. The van der Waals surface area contributed by atoms with Gasteiger partial charge in [0.15, 0.2) is 0 Å². The maximum absolute atomic E-state index is 8.59. The minimum atomic E-state index is -5.75. The molecule has 0 heterocycles. The monoisotopic (exact) mass is 218 g/mol. The minimum absolute atomic E-state index is 0. The van der Waals surface area contributed by atoms with Gasteiger partial charge in [-0.25, -0.2) is 0 Å². The molecular formula is CrCuKO4+.